The van der Waals surface area contributed by atoms with Gasteiger partial charge in [-0.3, -0.25) is 0 Å². The van der Waals surface area contributed by atoms with Crippen molar-refractivity contribution >= 4 is 16.6 Å². The van der Waals surface area contributed by atoms with Crippen LogP contribution in [0.4, 0.5) is 5.69 Å². The highest BCUT2D eigenvalue weighted by Crippen LogP contribution is 2.28. The summed E-state index contributed by atoms with van der Waals surface area (Å²) in [5, 5.41) is 1.14. The summed E-state index contributed by atoms with van der Waals surface area (Å²) >= 11 is 0. The van der Waals surface area contributed by atoms with Gasteiger partial charge in [0, 0.05) is 23.8 Å². The van der Waals surface area contributed by atoms with Gasteiger partial charge in [0.25, 0.3) is 0 Å². The van der Waals surface area contributed by atoms with Crippen molar-refractivity contribution in [1.29, 1.82) is 0 Å². The Morgan fingerprint density at radius 3 is 2.62 bits per heavy atom. The van der Waals surface area contributed by atoms with Gasteiger partial charge in [0.05, 0.1) is 11.6 Å². The van der Waals surface area contributed by atoms with Crippen LogP contribution in [0, 0.1) is 0 Å². The molecule has 0 spiro atoms. The van der Waals surface area contributed by atoms with Gasteiger partial charge in [-0.05, 0) is 43.7 Å². The van der Waals surface area contributed by atoms with E-state index in [9.17, 15) is 0 Å². The van der Waals surface area contributed by atoms with Crippen LogP contribution in [0.3, 0.4) is 0 Å². The van der Waals surface area contributed by atoms with E-state index in [2.05, 4.69) is 29.0 Å². The molecule has 0 aliphatic rings. The molecular weight excluding hydrogens is 260 g/mol. The maximum atomic E-state index is 6.04. The molecule has 2 aromatic carbocycles. The van der Waals surface area contributed by atoms with E-state index in [0.29, 0.717) is 0 Å². The number of hydrogen-bond donors (Lipinski definition) is 1. The Kier molecular flexibility index (Phi) is 3.57. The molecule has 0 fully saturated rings. The Morgan fingerprint density at radius 1 is 1.05 bits per heavy atom. The summed E-state index contributed by atoms with van der Waals surface area (Å²) in [7, 11) is 0. The standard InChI is InChI=1S/C18H20N2O/c1-13(2)21-18-9-5-8-17-15(18)10-11-20(17)12-14-6-3-4-7-16(14)19/h3-11,13H,12,19H2,1-2H3. The number of nitrogen functional groups attached to an aromatic ring is 1. The van der Waals surface area contributed by atoms with Crippen LogP contribution in [0.25, 0.3) is 10.9 Å². The highest BCUT2D eigenvalue weighted by molar-refractivity contribution is 5.86. The summed E-state index contributed by atoms with van der Waals surface area (Å²) in [4.78, 5) is 0. The van der Waals surface area contributed by atoms with Crippen LogP contribution in [0.5, 0.6) is 5.75 Å². The Hall–Kier alpha value is -2.42. The first-order valence-corrected chi connectivity index (χ1v) is 7.23. The fraction of sp³-hybridized carbons (Fsp3) is 0.222. The molecule has 2 N–H and O–H groups in total. The van der Waals surface area contributed by atoms with E-state index >= 15 is 0 Å². The van der Waals surface area contributed by atoms with Gasteiger partial charge in [-0.15, -0.1) is 0 Å². The minimum atomic E-state index is 0.170. The Labute approximate surface area is 125 Å². The van der Waals surface area contributed by atoms with Crippen LogP contribution in [-0.2, 0) is 6.54 Å². The summed E-state index contributed by atoms with van der Waals surface area (Å²) in [5.74, 6) is 0.933. The van der Waals surface area contributed by atoms with Gasteiger partial charge >= 0.3 is 0 Å². The fourth-order valence-electron chi connectivity index (χ4n) is 2.55. The zero-order valence-corrected chi connectivity index (χ0v) is 12.4. The quantitative estimate of drug-likeness (QED) is 0.732. The highest BCUT2D eigenvalue weighted by Gasteiger charge is 2.09. The van der Waals surface area contributed by atoms with Gasteiger partial charge in [-0.2, -0.15) is 0 Å². The Bertz CT molecular complexity index is 759. The first-order chi connectivity index (χ1) is 10.1. The number of benzene rings is 2. The number of para-hydroxylation sites is 1. The van der Waals surface area contributed by atoms with Crippen LogP contribution in [-0.4, -0.2) is 10.7 Å². The van der Waals surface area contributed by atoms with Crippen molar-refractivity contribution in [1.82, 2.24) is 4.57 Å². The highest BCUT2D eigenvalue weighted by atomic mass is 16.5. The van der Waals surface area contributed by atoms with Gasteiger partial charge in [-0.25, -0.2) is 0 Å². The molecule has 21 heavy (non-hydrogen) atoms. The van der Waals surface area contributed by atoms with Crippen LogP contribution >= 0.6 is 0 Å². The molecule has 0 aliphatic carbocycles. The van der Waals surface area contributed by atoms with Crippen LogP contribution < -0.4 is 10.5 Å². The molecule has 3 rings (SSSR count). The molecule has 0 radical (unpaired) electrons. The molecular formula is C18H20N2O. The lowest BCUT2D eigenvalue weighted by Crippen LogP contribution is -2.06. The second kappa shape index (κ2) is 5.52. The summed E-state index contributed by atoms with van der Waals surface area (Å²) in [6, 6.07) is 16.2. The summed E-state index contributed by atoms with van der Waals surface area (Å²) in [5.41, 5.74) is 9.16. The predicted octanol–water partition coefficient (Wildman–Crippen LogP) is 4.06. The van der Waals surface area contributed by atoms with Gasteiger partial charge < -0.3 is 15.0 Å². The lowest BCUT2D eigenvalue weighted by Gasteiger charge is -2.12. The smallest absolute Gasteiger partial charge is 0.129 e. The topological polar surface area (TPSA) is 40.2 Å². The van der Waals surface area contributed by atoms with Crippen molar-refractivity contribution in [3.05, 3.63) is 60.3 Å². The predicted molar refractivity (Wildman–Crippen MR) is 87.7 cm³/mol. The molecule has 0 atom stereocenters. The minimum absolute atomic E-state index is 0.170. The third kappa shape index (κ3) is 2.72. The summed E-state index contributed by atoms with van der Waals surface area (Å²) in [6.45, 7) is 4.85. The summed E-state index contributed by atoms with van der Waals surface area (Å²) < 4.78 is 8.08. The first kappa shape index (κ1) is 13.6. The number of ether oxygens (including phenoxy) is 1. The third-order valence-corrected chi connectivity index (χ3v) is 3.53. The molecule has 1 heterocycles. The number of rotatable bonds is 4. The second-order valence-corrected chi connectivity index (χ2v) is 5.50. The van der Waals surface area contributed by atoms with E-state index in [4.69, 9.17) is 10.5 Å². The SMILES string of the molecule is CC(C)Oc1cccc2c1ccn2Cc1ccccc1N. The van der Waals surface area contributed by atoms with E-state index in [1.807, 2.05) is 44.2 Å². The average molecular weight is 280 g/mol. The van der Waals surface area contributed by atoms with E-state index in [-0.39, 0.29) is 6.10 Å². The van der Waals surface area contributed by atoms with Gasteiger partial charge in [-0.1, -0.05) is 24.3 Å². The van der Waals surface area contributed by atoms with Gasteiger partial charge in [0.15, 0.2) is 0 Å². The number of anilines is 1. The first-order valence-electron chi connectivity index (χ1n) is 7.23. The lowest BCUT2D eigenvalue weighted by molar-refractivity contribution is 0.245. The number of nitrogens with two attached hydrogens (primary N) is 1. The molecule has 108 valence electrons. The molecule has 0 saturated carbocycles. The fourth-order valence-corrected chi connectivity index (χ4v) is 2.55. The monoisotopic (exact) mass is 280 g/mol. The molecule has 0 saturated heterocycles. The number of nitrogens with zero attached hydrogens (tertiary/aromatic N) is 1. The van der Waals surface area contributed by atoms with Crippen molar-refractivity contribution in [3.8, 4) is 5.75 Å². The normalized spacial score (nSPS) is 11.2. The van der Waals surface area contributed by atoms with E-state index in [1.165, 1.54) is 0 Å². The molecule has 3 aromatic rings. The average Bonchev–Trinajstić information content (AvgIpc) is 2.85. The lowest BCUT2D eigenvalue weighted by atomic mass is 10.2. The maximum Gasteiger partial charge on any atom is 0.129 e. The Balaban J connectivity index is 1.99. The van der Waals surface area contributed by atoms with E-state index < -0.39 is 0 Å². The number of fused-ring (bicyclic) bond motifs is 1. The molecule has 3 heteroatoms. The molecule has 3 nitrogen and oxygen atoms in total. The van der Waals surface area contributed by atoms with Crippen molar-refractivity contribution in [2.45, 2.75) is 26.5 Å². The minimum Gasteiger partial charge on any atom is -0.490 e. The van der Waals surface area contributed by atoms with Crippen molar-refractivity contribution in [2.75, 3.05) is 5.73 Å². The number of hydrogen-bond acceptors (Lipinski definition) is 2. The van der Waals surface area contributed by atoms with E-state index in [1.54, 1.807) is 0 Å². The molecule has 1 aromatic heterocycles. The van der Waals surface area contributed by atoms with Crippen molar-refractivity contribution in [2.24, 2.45) is 0 Å². The summed E-state index contributed by atoms with van der Waals surface area (Å²) in [6.07, 6.45) is 2.26. The van der Waals surface area contributed by atoms with Crippen LogP contribution in [0.1, 0.15) is 19.4 Å². The van der Waals surface area contributed by atoms with Crippen LogP contribution in [0.15, 0.2) is 54.7 Å². The van der Waals surface area contributed by atoms with Gasteiger partial charge in [0.2, 0.25) is 0 Å². The molecule has 0 aliphatic heterocycles. The van der Waals surface area contributed by atoms with Crippen molar-refractivity contribution < 1.29 is 4.74 Å². The zero-order chi connectivity index (χ0) is 14.8. The van der Waals surface area contributed by atoms with Crippen molar-refractivity contribution in [3.63, 3.8) is 0 Å². The molecule has 0 unspecified atom stereocenters. The Morgan fingerprint density at radius 2 is 1.86 bits per heavy atom. The van der Waals surface area contributed by atoms with Gasteiger partial charge in [0.1, 0.15) is 5.75 Å². The van der Waals surface area contributed by atoms with Crippen LogP contribution in [0.2, 0.25) is 0 Å². The second-order valence-electron chi connectivity index (χ2n) is 5.50. The molecule has 0 amide bonds. The molecule has 0 bridgehead atoms. The largest absolute Gasteiger partial charge is 0.490 e. The number of aromatic nitrogens is 1. The maximum absolute atomic E-state index is 6.04. The zero-order valence-electron chi connectivity index (χ0n) is 12.4. The van der Waals surface area contributed by atoms with E-state index in [0.717, 1.165) is 34.4 Å². The third-order valence-electron chi connectivity index (χ3n) is 3.53.